The summed E-state index contributed by atoms with van der Waals surface area (Å²) >= 11 is 0. The maximum Gasteiger partial charge on any atom is 0.306 e. The lowest BCUT2D eigenvalue weighted by molar-refractivity contribution is -0.167. The number of allylic oxidation sites excluding steroid dienone is 16. The van der Waals surface area contributed by atoms with Crippen LogP contribution < -0.4 is 0 Å². The number of hydrogen-bond acceptors (Lipinski definition) is 6. The first-order valence-electron chi connectivity index (χ1n) is 26.7. The summed E-state index contributed by atoms with van der Waals surface area (Å²) in [7, 11) is 0. The van der Waals surface area contributed by atoms with E-state index < -0.39 is 6.10 Å². The van der Waals surface area contributed by atoms with Crippen molar-refractivity contribution in [2.45, 2.75) is 245 Å². The highest BCUT2D eigenvalue weighted by Crippen LogP contribution is 2.13. The average Bonchev–Trinajstić information content (AvgIpc) is 3.30. The maximum atomic E-state index is 12.8. The van der Waals surface area contributed by atoms with E-state index in [-0.39, 0.29) is 37.5 Å². The van der Waals surface area contributed by atoms with Crippen molar-refractivity contribution in [2.75, 3.05) is 13.2 Å². The van der Waals surface area contributed by atoms with Gasteiger partial charge in [-0.3, -0.25) is 14.4 Å². The average molecular weight is 903 g/mol. The molecule has 0 radical (unpaired) electrons. The van der Waals surface area contributed by atoms with Crippen LogP contribution in [0.5, 0.6) is 0 Å². The predicted octanol–water partition coefficient (Wildman–Crippen LogP) is 17.8. The Hall–Kier alpha value is -3.67. The second kappa shape index (κ2) is 52.9. The molecule has 370 valence electrons. The Kier molecular flexibility index (Phi) is 50.0. The molecule has 0 unspecified atom stereocenters. The van der Waals surface area contributed by atoms with Crippen LogP contribution in [0.1, 0.15) is 239 Å². The van der Waals surface area contributed by atoms with Crippen molar-refractivity contribution in [3.63, 3.8) is 0 Å². The fraction of sp³-hybridized carbons (Fsp3) is 0.678. The zero-order chi connectivity index (χ0) is 47.2. The molecule has 6 nitrogen and oxygen atoms in total. The molecule has 0 aromatic carbocycles. The van der Waals surface area contributed by atoms with Crippen molar-refractivity contribution < 1.29 is 28.6 Å². The van der Waals surface area contributed by atoms with Crippen LogP contribution in [0.15, 0.2) is 97.2 Å². The second-order valence-electron chi connectivity index (χ2n) is 17.4. The smallest absolute Gasteiger partial charge is 0.306 e. The number of ether oxygens (including phenoxy) is 3. The Morgan fingerprint density at radius 3 is 0.938 bits per heavy atom. The highest BCUT2D eigenvalue weighted by atomic mass is 16.6. The van der Waals surface area contributed by atoms with Gasteiger partial charge in [0.15, 0.2) is 6.10 Å². The van der Waals surface area contributed by atoms with Crippen molar-refractivity contribution in [3.05, 3.63) is 97.2 Å². The standard InChI is InChI=1S/C59H98O6/c1-4-7-10-13-16-19-22-24-26-28-29-31-32-34-37-40-43-46-49-52-58(61)64-55-56(54-63-57(60)51-48-45-42-39-36-21-18-15-12-9-6-3)65-59(62)53-50-47-44-41-38-35-33-30-27-25-23-20-17-14-11-8-5-2/h16-17,19-20,24-27,29,31,33-35,37,41,44,56H,4-15,18,21-23,28,30,32,36,38-40,42-43,45-55H2,1-3H3/b19-16-,20-17-,26-24-,27-25-,31-29-,35-33-,37-34-,44-41-/t56-/m1/s1. The molecule has 0 aromatic rings. The fourth-order valence-corrected chi connectivity index (χ4v) is 7.01. The molecule has 0 N–H and O–H groups in total. The first-order chi connectivity index (χ1) is 32.0. The van der Waals surface area contributed by atoms with Gasteiger partial charge in [0.2, 0.25) is 0 Å². The summed E-state index contributed by atoms with van der Waals surface area (Å²) in [5, 5.41) is 0. The molecule has 0 fully saturated rings. The highest BCUT2D eigenvalue weighted by Gasteiger charge is 2.19. The minimum atomic E-state index is -0.818. The van der Waals surface area contributed by atoms with Gasteiger partial charge in [-0.2, -0.15) is 0 Å². The molecule has 0 spiro atoms. The number of carbonyl (C=O) groups is 3. The van der Waals surface area contributed by atoms with Gasteiger partial charge in [-0.1, -0.05) is 214 Å². The van der Waals surface area contributed by atoms with Gasteiger partial charge in [0.05, 0.1) is 0 Å². The summed E-state index contributed by atoms with van der Waals surface area (Å²) in [4.78, 5) is 38.0. The van der Waals surface area contributed by atoms with Crippen molar-refractivity contribution in [1.29, 1.82) is 0 Å². The normalized spacial score (nSPS) is 12.8. The van der Waals surface area contributed by atoms with Gasteiger partial charge in [0.1, 0.15) is 13.2 Å². The Labute approximate surface area is 400 Å². The quantitative estimate of drug-likeness (QED) is 0.0262. The van der Waals surface area contributed by atoms with Gasteiger partial charge in [0.25, 0.3) is 0 Å². The van der Waals surface area contributed by atoms with Crippen LogP contribution in [0.3, 0.4) is 0 Å². The fourth-order valence-electron chi connectivity index (χ4n) is 7.01. The minimum Gasteiger partial charge on any atom is -0.462 e. The van der Waals surface area contributed by atoms with Crippen molar-refractivity contribution >= 4 is 17.9 Å². The maximum absolute atomic E-state index is 12.8. The Bertz CT molecular complexity index is 1310. The van der Waals surface area contributed by atoms with E-state index in [2.05, 4.69) is 118 Å². The van der Waals surface area contributed by atoms with E-state index in [1.807, 2.05) is 0 Å². The number of carbonyl (C=O) groups excluding carboxylic acids is 3. The van der Waals surface area contributed by atoms with E-state index in [4.69, 9.17) is 14.2 Å². The zero-order valence-electron chi connectivity index (χ0n) is 42.2. The van der Waals surface area contributed by atoms with Crippen molar-refractivity contribution in [3.8, 4) is 0 Å². The third-order valence-corrected chi connectivity index (χ3v) is 11.1. The van der Waals surface area contributed by atoms with Crippen LogP contribution in [0, 0.1) is 0 Å². The summed E-state index contributed by atoms with van der Waals surface area (Å²) in [5.41, 5.74) is 0. The van der Waals surface area contributed by atoms with E-state index in [9.17, 15) is 14.4 Å². The zero-order valence-corrected chi connectivity index (χ0v) is 42.2. The third kappa shape index (κ3) is 51.2. The lowest BCUT2D eigenvalue weighted by atomic mass is 10.1. The van der Waals surface area contributed by atoms with E-state index in [1.54, 1.807) is 0 Å². The molecule has 0 aliphatic rings. The first-order valence-corrected chi connectivity index (χ1v) is 26.7. The van der Waals surface area contributed by atoms with Crippen LogP contribution in [0.2, 0.25) is 0 Å². The van der Waals surface area contributed by atoms with Crippen molar-refractivity contribution in [2.24, 2.45) is 0 Å². The number of unbranched alkanes of at least 4 members (excludes halogenated alkanes) is 20. The van der Waals surface area contributed by atoms with Gasteiger partial charge in [-0.25, -0.2) is 0 Å². The number of hydrogen-bond donors (Lipinski definition) is 0. The Morgan fingerprint density at radius 2 is 0.569 bits per heavy atom. The Morgan fingerprint density at radius 1 is 0.308 bits per heavy atom. The molecule has 0 aliphatic heterocycles. The summed E-state index contributed by atoms with van der Waals surface area (Å²) in [6, 6.07) is 0. The van der Waals surface area contributed by atoms with Crippen LogP contribution in [-0.2, 0) is 28.6 Å². The third-order valence-electron chi connectivity index (χ3n) is 11.1. The number of rotatable bonds is 47. The first kappa shape index (κ1) is 61.3. The van der Waals surface area contributed by atoms with Crippen LogP contribution in [0.4, 0.5) is 0 Å². The molecule has 0 amide bonds. The lowest BCUT2D eigenvalue weighted by Gasteiger charge is -2.18. The monoisotopic (exact) mass is 903 g/mol. The summed E-state index contributed by atoms with van der Waals surface area (Å²) < 4.78 is 16.7. The largest absolute Gasteiger partial charge is 0.462 e. The predicted molar refractivity (Wildman–Crippen MR) is 279 cm³/mol. The summed E-state index contributed by atoms with van der Waals surface area (Å²) in [5.74, 6) is -1.00. The molecule has 65 heavy (non-hydrogen) atoms. The molecular formula is C59H98O6. The van der Waals surface area contributed by atoms with Gasteiger partial charge in [-0.05, 0) is 103 Å². The van der Waals surface area contributed by atoms with Gasteiger partial charge < -0.3 is 14.2 Å². The van der Waals surface area contributed by atoms with E-state index >= 15 is 0 Å². The van der Waals surface area contributed by atoms with E-state index in [0.29, 0.717) is 19.3 Å². The molecular weight excluding hydrogens is 805 g/mol. The van der Waals surface area contributed by atoms with Crippen LogP contribution >= 0.6 is 0 Å². The molecule has 0 rings (SSSR count). The minimum absolute atomic E-state index is 0.109. The van der Waals surface area contributed by atoms with Crippen LogP contribution in [0.25, 0.3) is 0 Å². The summed E-state index contributed by atoms with van der Waals surface area (Å²) in [6.07, 6.45) is 69.6. The highest BCUT2D eigenvalue weighted by molar-refractivity contribution is 5.71. The molecule has 0 saturated heterocycles. The van der Waals surface area contributed by atoms with E-state index in [1.165, 1.54) is 103 Å². The molecule has 1 atom stereocenters. The topological polar surface area (TPSA) is 78.9 Å². The molecule has 0 saturated carbocycles. The molecule has 0 bridgehead atoms. The Balaban J connectivity index is 4.52. The molecule has 0 heterocycles. The molecule has 6 heteroatoms. The lowest BCUT2D eigenvalue weighted by Crippen LogP contribution is -2.30. The van der Waals surface area contributed by atoms with Gasteiger partial charge in [0, 0.05) is 19.3 Å². The number of esters is 3. The second-order valence-corrected chi connectivity index (χ2v) is 17.4. The van der Waals surface area contributed by atoms with Crippen LogP contribution in [-0.4, -0.2) is 37.2 Å². The SMILES string of the molecule is CCCCC/C=C\C/C=C\C/C=C\C/C=C\CCCCCC(=O)OC[C@@H](COC(=O)CCCCCCCCCCCCC)OC(=O)CCC/C=C\C/C=C\C/C=C\C/C=C\CCCCC. The summed E-state index contributed by atoms with van der Waals surface area (Å²) in [6.45, 7) is 6.49. The van der Waals surface area contributed by atoms with Gasteiger partial charge >= 0.3 is 17.9 Å². The van der Waals surface area contributed by atoms with E-state index in [0.717, 1.165) is 89.9 Å². The molecule has 0 aromatic heterocycles. The molecule has 0 aliphatic carbocycles. The van der Waals surface area contributed by atoms with Gasteiger partial charge in [-0.15, -0.1) is 0 Å². The van der Waals surface area contributed by atoms with Crippen molar-refractivity contribution in [1.82, 2.24) is 0 Å².